The van der Waals surface area contributed by atoms with Crippen molar-refractivity contribution in [2.24, 2.45) is 0 Å². The van der Waals surface area contributed by atoms with Crippen molar-refractivity contribution < 1.29 is 15.7 Å². The summed E-state index contributed by atoms with van der Waals surface area (Å²) < 4.78 is 32.1. The molecule has 1 aromatic rings. The molecule has 0 aromatic carbocycles. The number of rotatable bonds is 2. The Hall–Kier alpha value is -0.981. The van der Waals surface area contributed by atoms with Crippen molar-refractivity contribution in [1.82, 2.24) is 15.4 Å². The van der Waals surface area contributed by atoms with Gasteiger partial charge in [-0.3, -0.25) is 0 Å². The molecule has 0 saturated heterocycles. The Bertz CT molecular complexity index is 288. The molecule has 0 saturated carbocycles. The van der Waals surface area contributed by atoms with Crippen LogP contribution in [0.25, 0.3) is 0 Å². The molecule has 0 bridgehead atoms. The molecule has 0 spiro atoms. The van der Waals surface area contributed by atoms with Gasteiger partial charge in [0.1, 0.15) is 0 Å². The van der Waals surface area contributed by atoms with Crippen LogP contribution < -0.4 is 3.82 Å². The molecular formula is C2H3N3O4Se. The van der Waals surface area contributed by atoms with Crippen LogP contribution in [0.1, 0.15) is 0 Å². The van der Waals surface area contributed by atoms with Gasteiger partial charge < -0.3 is 0 Å². The first-order chi connectivity index (χ1) is 4.58. The van der Waals surface area contributed by atoms with Gasteiger partial charge in [-0.1, -0.05) is 0 Å². The number of H-pyrrole nitrogens is 1. The number of hydrogen-bond donors (Lipinski definition) is 2. The van der Waals surface area contributed by atoms with E-state index < -0.39 is 13.4 Å². The summed E-state index contributed by atoms with van der Waals surface area (Å²) in [5, 5.41) is 8.57. The Morgan fingerprint density at radius 3 is 2.80 bits per heavy atom. The summed E-state index contributed by atoms with van der Waals surface area (Å²) in [5.41, 5.74) is 0. The van der Waals surface area contributed by atoms with Gasteiger partial charge in [-0.05, 0) is 0 Å². The first-order valence-electron chi connectivity index (χ1n) is 2.10. The second-order valence-corrected chi connectivity index (χ2v) is 3.46. The molecule has 0 aliphatic carbocycles. The SMILES string of the molecule is O=[Se](=O)(O)Oc1cn[nH]n1. The van der Waals surface area contributed by atoms with Crippen molar-refractivity contribution in [1.29, 1.82) is 0 Å². The van der Waals surface area contributed by atoms with E-state index in [9.17, 15) is 7.67 Å². The molecule has 0 unspecified atom stereocenters. The van der Waals surface area contributed by atoms with Gasteiger partial charge in [0.25, 0.3) is 0 Å². The monoisotopic (exact) mass is 213 g/mol. The summed E-state index contributed by atoms with van der Waals surface area (Å²) in [6.45, 7) is 0. The standard InChI is InChI=1S/C2H3N3O4Se/c6-10(7,8)9-2-1-3-5-4-2/h1H,(H,3,4,5)(H,6,7,8). The van der Waals surface area contributed by atoms with E-state index in [1.807, 2.05) is 0 Å². The zero-order valence-electron chi connectivity index (χ0n) is 4.55. The van der Waals surface area contributed by atoms with Crippen LogP contribution in [0.15, 0.2) is 6.20 Å². The second kappa shape index (κ2) is 2.33. The molecule has 8 heteroatoms. The fourth-order valence-corrected chi connectivity index (χ4v) is 0.960. The van der Waals surface area contributed by atoms with E-state index in [0.717, 1.165) is 6.20 Å². The van der Waals surface area contributed by atoms with Crippen LogP contribution in [-0.2, 0) is 7.67 Å². The molecule has 2 N–H and O–H groups in total. The van der Waals surface area contributed by atoms with E-state index in [2.05, 4.69) is 19.2 Å². The zero-order chi connectivity index (χ0) is 7.61. The Labute approximate surface area is 57.3 Å². The summed E-state index contributed by atoms with van der Waals surface area (Å²) in [7, 11) is 0. The van der Waals surface area contributed by atoms with Gasteiger partial charge in [0.2, 0.25) is 0 Å². The molecule has 0 fully saturated rings. The van der Waals surface area contributed by atoms with E-state index in [0.29, 0.717) is 0 Å². The molecule has 7 nitrogen and oxygen atoms in total. The first kappa shape index (κ1) is 7.13. The van der Waals surface area contributed by atoms with Crippen molar-refractivity contribution in [3.05, 3.63) is 6.20 Å². The summed E-state index contributed by atoms with van der Waals surface area (Å²) in [6.07, 6.45) is 1.03. The van der Waals surface area contributed by atoms with E-state index in [-0.39, 0.29) is 5.88 Å². The van der Waals surface area contributed by atoms with Crippen molar-refractivity contribution in [3.63, 3.8) is 0 Å². The number of aromatic nitrogens is 3. The second-order valence-electron chi connectivity index (χ2n) is 1.32. The van der Waals surface area contributed by atoms with E-state index in [1.54, 1.807) is 0 Å². The van der Waals surface area contributed by atoms with Gasteiger partial charge in [0.15, 0.2) is 0 Å². The van der Waals surface area contributed by atoms with E-state index in [4.69, 9.17) is 4.19 Å². The van der Waals surface area contributed by atoms with Gasteiger partial charge in [-0.2, -0.15) is 0 Å². The minimum atomic E-state index is -5.15. The number of nitrogens with one attached hydrogen (secondary N) is 1. The number of aromatic amines is 1. The number of hydrogen-bond acceptors (Lipinski definition) is 5. The van der Waals surface area contributed by atoms with Crippen LogP contribution in [0, 0.1) is 0 Å². The van der Waals surface area contributed by atoms with Crippen LogP contribution in [0.3, 0.4) is 0 Å². The van der Waals surface area contributed by atoms with Crippen LogP contribution >= 0.6 is 0 Å². The van der Waals surface area contributed by atoms with Crippen molar-refractivity contribution in [3.8, 4) is 5.88 Å². The Balaban J connectivity index is 2.75. The van der Waals surface area contributed by atoms with Crippen LogP contribution in [0.4, 0.5) is 0 Å². The summed E-state index contributed by atoms with van der Waals surface area (Å²) >= 11 is -5.15. The third kappa shape index (κ3) is 2.09. The van der Waals surface area contributed by atoms with Crippen molar-refractivity contribution in [2.75, 3.05) is 0 Å². The predicted molar refractivity (Wildman–Crippen MR) is 26.4 cm³/mol. The van der Waals surface area contributed by atoms with Crippen LogP contribution in [-0.4, -0.2) is 33.0 Å². The summed E-state index contributed by atoms with van der Waals surface area (Å²) in [4.78, 5) is 0. The van der Waals surface area contributed by atoms with Gasteiger partial charge in [0.05, 0.1) is 0 Å². The van der Waals surface area contributed by atoms with Gasteiger partial charge in [0, 0.05) is 0 Å². The molecule has 1 heterocycles. The third-order valence-electron chi connectivity index (χ3n) is 0.584. The maximum atomic E-state index is 10.0. The molecule has 0 amide bonds. The summed E-state index contributed by atoms with van der Waals surface area (Å²) in [5.74, 6) is -0.271. The zero-order valence-corrected chi connectivity index (χ0v) is 6.27. The topological polar surface area (TPSA) is 105 Å². The van der Waals surface area contributed by atoms with Crippen molar-refractivity contribution in [2.45, 2.75) is 0 Å². The minimum absolute atomic E-state index is 0.271. The maximum absolute atomic E-state index is 10.0. The first-order valence-corrected chi connectivity index (χ1v) is 4.97. The third-order valence-corrected chi connectivity index (χ3v) is 1.38. The quantitative estimate of drug-likeness (QED) is 0.576. The molecule has 1 rings (SSSR count). The van der Waals surface area contributed by atoms with Gasteiger partial charge in [-0.25, -0.2) is 0 Å². The molecule has 0 radical (unpaired) electrons. The summed E-state index contributed by atoms with van der Waals surface area (Å²) in [6, 6.07) is 0. The predicted octanol–water partition coefficient (Wildman–Crippen LogP) is -1.53. The average molecular weight is 212 g/mol. The molecule has 56 valence electrons. The molecular weight excluding hydrogens is 209 g/mol. The average Bonchev–Trinajstić information content (AvgIpc) is 2.12. The van der Waals surface area contributed by atoms with Crippen LogP contribution in [0.5, 0.6) is 5.88 Å². The van der Waals surface area contributed by atoms with E-state index >= 15 is 0 Å². The van der Waals surface area contributed by atoms with Gasteiger partial charge >= 0.3 is 56.5 Å². The van der Waals surface area contributed by atoms with E-state index in [1.165, 1.54) is 0 Å². The fourth-order valence-electron chi connectivity index (χ4n) is 0.339. The van der Waals surface area contributed by atoms with Crippen molar-refractivity contribution >= 4 is 13.4 Å². The Morgan fingerprint density at radius 2 is 2.40 bits per heavy atom. The Morgan fingerprint density at radius 1 is 1.70 bits per heavy atom. The Kier molecular flexibility index (Phi) is 1.66. The molecule has 10 heavy (non-hydrogen) atoms. The molecule has 0 aliphatic heterocycles. The number of nitrogens with zero attached hydrogens (tertiary/aromatic N) is 2. The van der Waals surface area contributed by atoms with Crippen LogP contribution in [0.2, 0.25) is 0 Å². The fraction of sp³-hybridized carbons (Fsp3) is 0. The normalized spacial score (nSPS) is 11.3. The molecule has 0 aliphatic rings. The van der Waals surface area contributed by atoms with Gasteiger partial charge in [-0.15, -0.1) is 0 Å². The molecule has 0 atom stereocenters. The molecule has 1 aromatic heterocycles.